The summed E-state index contributed by atoms with van der Waals surface area (Å²) in [4.78, 5) is 21.8. The normalized spacial score (nSPS) is 11.0. The molecule has 0 unspecified atom stereocenters. The monoisotopic (exact) mass is 445 g/mol. The molecule has 3 heterocycles. The zero-order chi connectivity index (χ0) is 21.0. The van der Waals surface area contributed by atoms with Gasteiger partial charge in [0.25, 0.3) is 5.91 Å². The van der Waals surface area contributed by atoms with Crippen LogP contribution in [0.5, 0.6) is 0 Å². The number of nitrogens with zero attached hydrogens (tertiary/aromatic N) is 5. The number of aromatic nitrogens is 6. The molecule has 0 saturated heterocycles. The summed E-state index contributed by atoms with van der Waals surface area (Å²) in [5.74, 6) is 0.466. The summed E-state index contributed by atoms with van der Waals surface area (Å²) in [5.41, 5.74) is 3.94. The van der Waals surface area contributed by atoms with E-state index in [2.05, 4.69) is 35.1 Å². The molecule has 2 aromatic carbocycles. The number of nitrogens with one attached hydrogen (secondary N) is 2. The molecule has 0 aliphatic carbocycles. The molecule has 10 heteroatoms. The number of aromatic amines is 1. The largest absolute Gasteiger partial charge is 0.321 e. The standard InChI is InChI=1S/C21H15N7OS2/c29-20(18-17(26-28-31-18)14-6-2-1-3-7-14)25-15-8-4-5-13(9-15)11-30-21-16-10-24-27-19(16)22-12-23-21/h1-10,12H,11H2,(H,25,29)(H,22,23,24,27). The van der Waals surface area contributed by atoms with Crippen molar-refractivity contribution in [2.45, 2.75) is 10.8 Å². The van der Waals surface area contributed by atoms with Gasteiger partial charge >= 0.3 is 0 Å². The van der Waals surface area contributed by atoms with Crippen LogP contribution < -0.4 is 5.32 Å². The van der Waals surface area contributed by atoms with Crippen molar-refractivity contribution in [3.8, 4) is 11.3 Å². The molecular weight excluding hydrogens is 430 g/mol. The number of hydrogen-bond acceptors (Lipinski definition) is 8. The van der Waals surface area contributed by atoms with E-state index in [1.807, 2.05) is 54.6 Å². The first-order valence-corrected chi connectivity index (χ1v) is 11.1. The van der Waals surface area contributed by atoms with Gasteiger partial charge in [-0.1, -0.05) is 47.0 Å². The van der Waals surface area contributed by atoms with Gasteiger partial charge in [-0.05, 0) is 29.2 Å². The number of carbonyl (C=O) groups is 1. The minimum atomic E-state index is -0.227. The van der Waals surface area contributed by atoms with Crippen LogP contribution in [-0.4, -0.2) is 35.7 Å². The molecule has 152 valence electrons. The molecule has 5 rings (SSSR count). The van der Waals surface area contributed by atoms with E-state index in [9.17, 15) is 4.79 Å². The fraction of sp³-hybridized carbons (Fsp3) is 0.0476. The molecule has 1 amide bonds. The minimum absolute atomic E-state index is 0.227. The third kappa shape index (κ3) is 4.16. The third-order valence-electron chi connectivity index (χ3n) is 4.51. The van der Waals surface area contributed by atoms with Crippen LogP contribution in [0, 0.1) is 0 Å². The van der Waals surface area contributed by atoms with Crippen molar-refractivity contribution in [3.63, 3.8) is 0 Å². The summed E-state index contributed by atoms with van der Waals surface area (Å²) in [5, 5.41) is 15.7. The van der Waals surface area contributed by atoms with Gasteiger partial charge in [0, 0.05) is 17.0 Å². The van der Waals surface area contributed by atoms with Crippen molar-refractivity contribution in [1.29, 1.82) is 0 Å². The van der Waals surface area contributed by atoms with E-state index in [0.717, 1.165) is 33.1 Å². The summed E-state index contributed by atoms with van der Waals surface area (Å²) in [6, 6.07) is 17.3. The lowest BCUT2D eigenvalue weighted by atomic mass is 10.1. The molecule has 0 aliphatic heterocycles. The van der Waals surface area contributed by atoms with E-state index in [1.54, 1.807) is 18.0 Å². The van der Waals surface area contributed by atoms with Gasteiger partial charge < -0.3 is 5.32 Å². The van der Waals surface area contributed by atoms with E-state index in [0.29, 0.717) is 27.7 Å². The van der Waals surface area contributed by atoms with Crippen molar-refractivity contribution >= 4 is 45.9 Å². The number of thioether (sulfide) groups is 1. The molecule has 31 heavy (non-hydrogen) atoms. The first-order valence-electron chi connectivity index (χ1n) is 9.33. The number of anilines is 1. The Kier molecular flexibility index (Phi) is 5.38. The summed E-state index contributed by atoms with van der Waals surface area (Å²) in [6.07, 6.45) is 3.24. The van der Waals surface area contributed by atoms with Gasteiger partial charge in [0.05, 0.1) is 11.6 Å². The molecular formula is C21H15N7OS2. The van der Waals surface area contributed by atoms with Gasteiger partial charge in [-0.25, -0.2) is 9.97 Å². The van der Waals surface area contributed by atoms with Crippen LogP contribution in [0.3, 0.4) is 0 Å². The number of benzene rings is 2. The summed E-state index contributed by atoms with van der Waals surface area (Å²) in [6.45, 7) is 0. The van der Waals surface area contributed by atoms with Crippen molar-refractivity contribution in [3.05, 3.63) is 77.6 Å². The van der Waals surface area contributed by atoms with E-state index in [4.69, 9.17) is 0 Å². The molecule has 0 bridgehead atoms. The quantitative estimate of drug-likeness (QED) is 0.294. The van der Waals surface area contributed by atoms with Crippen LogP contribution in [0.1, 0.15) is 15.2 Å². The second-order valence-corrected chi connectivity index (χ2v) is 8.29. The predicted molar refractivity (Wildman–Crippen MR) is 121 cm³/mol. The van der Waals surface area contributed by atoms with E-state index in [-0.39, 0.29) is 5.91 Å². The second kappa shape index (κ2) is 8.62. The molecule has 0 aliphatic rings. The SMILES string of the molecule is O=C(Nc1cccc(CSc2ncnc3[nH]ncc23)c1)c1snnc1-c1ccccc1. The smallest absolute Gasteiger partial charge is 0.269 e. The van der Waals surface area contributed by atoms with Gasteiger partial charge in [0.2, 0.25) is 0 Å². The summed E-state index contributed by atoms with van der Waals surface area (Å²) in [7, 11) is 0. The predicted octanol–water partition coefficient (Wildman–Crippen LogP) is 4.42. The number of hydrogen-bond donors (Lipinski definition) is 2. The van der Waals surface area contributed by atoms with Crippen LogP contribution >= 0.6 is 23.3 Å². The maximum Gasteiger partial charge on any atom is 0.269 e. The Morgan fingerprint density at radius 1 is 1.10 bits per heavy atom. The van der Waals surface area contributed by atoms with Crippen LogP contribution in [0.25, 0.3) is 22.3 Å². The maximum atomic E-state index is 12.9. The summed E-state index contributed by atoms with van der Waals surface area (Å²) >= 11 is 2.68. The zero-order valence-electron chi connectivity index (χ0n) is 16.0. The fourth-order valence-corrected chi connectivity index (χ4v) is 4.55. The first kappa shape index (κ1) is 19.3. The number of fused-ring (bicyclic) bond motifs is 1. The molecule has 2 N–H and O–H groups in total. The highest BCUT2D eigenvalue weighted by Gasteiger charge is 2.18. The molecule has 8 nitrogen and oxygen atoms in total. The lowest BCUT2D eigenvalue weighted by Gasteiger charge is -2.07. The minimum Gasteiger partial charge on any atom is -0.321 e. The number of carbonyl (C=O) groups excluding carboxylic acids is 1. The Morgan fingerprint density at radius 3 is 2.90 bits per heavy atom. The zero-order valence-corrected chi connectivity index (χ0v) is 17.7. The average Bonchev–Trinajstić information content (AvgIpc) is 3.48. The van der Waals surface area contributed by atoms with Crippen LogP contribution in [-0.2, 0) is 5.75 Å². The molecule has 0 atom stereocenters. The lowest BCUT2D eigenvalue weighted by Crippen LogP contribution is -2.11. The number of amides is 1. The Morgan fingerprint density at radius 2 is 2.00 bits per heavy atom. The van der Waals surface area contributed by atoms with Gasteiger partial charge in [0.1, 0.15) is 21.9 Å². The molecule has 0 fully saturated rings. The van der Waals surface area contributed by atoms with Crippen LogP contribution in [0.15, 0.2) is 72.1 Å². The van der Waals surface area contributed by atoms with Crippen LogP contribution in [0.2, 0.25) is 0 Å². The second-order valence-electron chi connectivity index (χ2n) is 6.57. The van der Waals surface area contributed by atoms with Gasteiger partial charge in [-0.15, -0.1) is 16.9 Å². The van der Waals surface area contributed by atoms with Gasteiger partial charge in [-0.3, -0.25) is 9.89 Å². The Hall–Kier alpha value is -3.63. The average molecular weight is 446 g/mol. The maximum absolute atomic E-state index is 12.9. The van der Waals surface area contributed by atoms with E-state index >= 15 is 0 Å². The molecule has 0 spiro atoms. The van der Waals surface area contributed by atoms with Crippen molar-refractivity contribution in [1.82, 2.24) is 29.8 Å². The van der Waals surface area contributed by atoms with Crippen molar-refractivity contribution < 1.29 is 4.79 Å². The van der Waals surface area contributed by atoms with Crippen molar-refractivity contribution in [2.75, 3.05) is 5.32 Å². The Labute approximate surface area is 185 Å². The van der Waals surface area contributed by atoms with Crippen molar-refractivity contribution in [2.24, 2.45) is 0 Å². The third-order valence-corrected chi connectivity index (χ3v) is 6.31. The highest BCUT2D eigenvalue weighted by molar-refractivity contribution is 7.98. The number of rotatable bonds is 6. The van der Waals surface area contributed by atoms with Crippen LogP contribution in [0.4, 0.5) is 5.69 Å². The first-order chi connectivity index (χ1) is 15.3. The van der Waals surface area contributed by atoms with E-state index < -0.39 is 0 Å². The highest BCUT2D eigenvalue weighted by Crippen LogP contribution is 2.28. The summed E-state index contributed by atoms with van der Waals surface area (Å²) < 4.78 is 3.97. The Bertz CT molecular complexity index is 1350. The number of H-pyrrole nitrogens is 1. The van der Waals surface area contributed by atoms with E-state index in [1.165, 1.54) is 6.33 Å². The Balaban J connectivity index is 1.30. The van der Waals surface area contributed by atoms with Gasteiger partial charge in [0.15, 0.2) is 5.65 Å². The molecule has 5 aromatic rings. The molecule has 0 radical (unpaired) electrons. The highest BCUT2D eigenvalue weighted by atomic mass is 32.2. The molecule has 0 saturated carbocycles. The fourth-order valence-electron chi connectivity index (χ4n) is 3.06. The topological polar surface area (TPSA) is 109 Å². The molecule has 3 aromatic heterocycles. The lowest BCUT2D eigenvalue weighted by molar-refractivity contribution is 0.103. The van der Waals surface area contributed by atoms with Gasteiger partial charge in [-0.2, -0.15) is 5.10 Å².